The predicted octanol–water partition coefficient (Wildman–Crippen LogP) is 3.06. The highest BCUT2D eigenvalue weighted by Crippen LogP contribution is 2.11. The molecule has 5 heteroatoms. The molecule has 22 heavy (non-hydrogen) atoms. The summed E-state index contributed by atoms with van der Waals surface area (Å²) in [6.07, 6.45) is 2.88. The SMILES string of the molecule is CCNC(=NCc1ncc(C)s1)NCCc1ccc(C)cc1. The fourth-order valence-electron chi connectivity index (χ4n) is 2.04. The van der Waals surface area contributed by atoms with E-state index in [1.54, 1.807) is 11.3 Å². The summed E-state index contributed by atoms with van der Waals surface area (Å²) in [6.45, 7) is 8.59. The van der Waals surface area contributed by atoms with Crippen LogP contribution in [0.3, 0.4) is 0 Å². The summed E-state index contributed by atoms with van der Waals surface area (Å²) in [5.41, 5.74) is 2.63. The second kappa shape index (κ2) is 8.54. The van der Waals surface area contributed by atoms with Crippen LogP contribution in [0.25, 0.3) is 0 Å². The third-order valence-corrected chi connectivity index (χ3v) is 4.11. The van der Waals surface area contributed by atoms with E-state index in [0.29, 0.717) is 6.54 Å². The van der Waals surface area contributed by atoms with Crippen molar-refractivity contribution in [1.29, 1.82) is 0 Å². The molecule has 2 N–H and O–H groups in total. The van der Waals surface area contributed by atoms with Gasteiger partial charge in [0.1, 0.15) is 5.01 Å². The summed E-state index contributed by atoms with van der Waals surface area (Å²) in [5.74, 6) is 0.850. The lowest BCUT2D eigenvalue weighted by atomic mass is 10.1. The Bertz CT molecular complexity index is 601. The quantitative estimate of drug-likeness (QED) is 0.636. The van der Waals surface area contributed by atoms with Crippen molar-refractivity contribution in [3.63, 3.8) is 0 Å². The van der Waals surface area contributed by atoms with Gasteiger partial charge in [0.05, 0.1) is 6.54 Å². The fourth-order valence-corrected chi connectivity index (χ4v) is 2.75. The van der Waals surface area contributed by atoms with Crippen LogP contribution in [0.1, 0.15) is 27.9 Å². The molecule has 0 unspecified atom stereocenters. The lowest BCUT2D eigenvalue weighted by Crippen LogP contribution is -2.38. The van der Waals surface area contributed by atoms with Crippen molar-refractivity contribution in [2.75, 3.05) is 13.1 Å². The number of hydrogen-bond donors (Lipinski definition) is 2. The van der Waals surface area contributed by atoms with Crippen LogP contribution in [0.15, 0.2) is 35.5 Å². The van der Waals surface area contributed by atoms with Crippen molar-refractivity contribution in [1.82, 2.24) is 15.6 Å². The standard InChI is InChI=1S/C17H24N4S/c1-4-18-17(21-12-16-20-11-14(3)22-16)19-10-9-15-7-5-13(2)6-8-15/h5-8,11H,4,9-10,12H2,1-3H3,(H2,18,19,21). The Morgan fingerprint density at radius 3 is 2.59 bits per heavy atom. The predicted molar refractivity (Wildman–Crippen MR) is 94.6 cm³/mol. The molecule has 0 aliphatic rings. The van der Waals surface area contributed by atoms with Gasteiger partial charge in [-0.15, -0.1) is 11.3 Å². The Balaban J connectivity index is 1.84. The summed E-state index contributed by atoms with van der Waals surface area (Å²) >= 11 is 1.70. The molecule has 0 amide bonds. The normalized spacial score (nSPS) is 11.5. The Labute approximate surface area is 136 Å². The summed E-state index contributed by atoms with van der Waals surface area (Å²) < 4.78 is 0. The van der Waals surface area contributed by atoms with E-state index in [1.165, 1.54) is 16.0 Å². The highest BCUT2D eigenvalue weighted by Gasteiger charge is 2.00. The molecule has 0 aliphatic heterocycles. The van der Waals surface area contributed by atoms with Gasteiger partial charge in [0.15, 0.2) is 5.96 Å². The van der Waals surface area contributed by atoms with E-state index in [1.807, 2.05) is 6.20 Å². The zero-order valence-corrected chi connectivity index (χ0v) is 14.3. The number of nitrogens with zero attached hydrogens (tertiary/aromatic N) is 2. The molecule has 0 bridgehead atoms. The van der Waals surface area contributed by atoms with E-state index in [2.05, 4.69) is 65.6 Å². The lowest BCUT2D eigenvalue weighted by molar-refractivity contribution is 0.799. The summed E-state index contributed by atoms with van der Waals surface area (Å²) in [7, 11) is 0. The van der Waals surface area contributed by atoms with E-state index < -0.39 is 0 Å². The van der Waals surface area contributed by atoms with Gasteiger partial charge in [-0.05, 0) is 32.8 Å². The van der Waals surface area contributed by atoms with Gasteiger partial charge in [0.2, 0.25) is 0 Å². The molecule has 0 saturated carbocycles. The summed E-state index contributed by atoms with van der Waals surface area (Å²) in [5, 5.41) is 7.70. The number of thiazole rings is 1. The van der Waals surface area contributed by atoms with Crippen LogP contribution in [-0.2, 0) is 13.0 Å². The van der Waals surface area contributed by atoms with E-state index in [0.717, 1.165) is 30.5 Å². The minimum Gasteiger partial charge on any atom is -0.357 e. The maximum absolute atomic E-state index is 4.58. The Hall–Kier alpha value is -1.88. The highest BCUT2D eigenvalue weighted by atomic mass is 32.1. The molecule has 2 aromatic rings. The topological polar surface area (TPSA) is 49.3 Å². The molecule has 1 heterocycles. The number of rotatable bonds is 6. The molecule has 0 saturated heterocycles. The molecular weight excluding hydrogens is 292 g/mol. The average Bonchev–Trinajstić information content (AvgIpc) is 2.92. The number of nitrogens with one attached hydrogen (secondary N) is 2. The lowest BCUT2D eigenvalue weighted by Gasteiger charge is -2.11. The zero-order valence-electron chi connectivity index (χ0n) is 13.5. The number of benzene rings is 1. The van der Waals surface area contributed by atoms with Crippen LogP contribution in [0.4, 0.5) is 0 Å². The first-order valence-electron chi connectivity index (χ1n) is 7.66. The molecule has 1 aromatic carbocycles. The minimum atomic E-state index is 0.623. The van der Waals surface area contributed by atoms with Crippen LogP contribution >= 0.6 is 11.3 Å². The van der Waals surface area contributed by atoms with Gasteiger partial charge in [-0.2, -0.15) is 0 Å². The van der Waals surface area contributed by atoms with Crippen molar-refractivity contribution < 1.29 is 0 Å². The Morgan fingerprint density at radius 2 is 1.95 bits per heavy atom. The first-order chi connectivity index (χ1) is 10.7. The largest absolute Gasteiger partial charge is 0.357 e. The zero-order chi connectivity index (χ0) is 15.8. The first-order valence-corrected chi connectivity index (χ1v) is 8.48. The van der Waals surface area contributed by atoms with Crippen molar-refractivity contribution in [2.45, 2.75) is 33.7 Å². The molecule has 118 valence electrons. The maximum Gasteiger partial charge on any atom is 0.191 e. The molecular formula is C17H24N4S. The molecule has 0 spiro atoms. The van der Waals surface area contributed by atoms with Gasteiger partial charge >= 0.3 is 0 Å². The molecule has 0 atom stereocenters. The van der Waals surface area contributed by atoms with Crippen LogP contribution in [0, 0.1) is 13.8 Å². The molecule has 2 rings (SSSR count). The van der Waals surface area contributed by atoms with Crippen molar-refractivity contribution >= 4 is 17.3 Å². The molecule has 1 aromatic heterocycles. The van der Waals surface area contributed by atoms with Crippen LogP contribution in [0.5, 0.6) is 0 Å². The second-order valence-corrected chi connectivity index (χ2v) is 6.54. The highest BCUT2D eigenvalue weighted by molar-refractivity contribution is 7.11. The minimum absolute atomic E-state index is 0.623. The first kappa shape index (κ1) is 16.5. The van der Waals surface area contributed by atoms with Gasteiger partial charge in [-0.1, -0.05) is 29.8 Å². The monoisotopic (exact) mass is 316 g/mol. The van der Waals surface area contributed by atoms with Crippen molar-refractivity contribution in [3.8, 4) is 0 Å². The van der Waals surface area contributed by atoms with Gasteiger partial charge in [-0.3, -0.25) is 0 Å². The van der Waals surface area contributed by atoms with Gasteiger partial charge in [0, 0.05) is 24.2 Å². The molecule has 0 fully saturated rings. The van der Waals surface area contributed by atoms with Crippen molar-refractivity contribution in [2.24, 2.45) is 4.99 Å². The van der Waals surface area contributed by atoms with Gasteiger partial charge < -0.3 is 10.6 Å². The van der Waals surface area contributed by atoms with E-state index >= 15 is 0 Å². The van der Waals surface area contributed by atoms with E-state index in [4.69, 9.17) is 0 Å². The Kier molecular flexibility index (Phi) is 6.40. The number of aromatic nitrogens is 1. The number of hydrogen-bond acceptors (Lipinski definition) is 3. The van der Waals surface area contributed by atoms with Gasteiger partial charge in [0.25, 0.3) is 0 Å². The maximum atomic E-state index is 4.58. The summed E-state index contributed by atoms with van der Waals surface area (Å²) in [4.78, 5) is 10.1. The molecule has 4 nitrogen and oxygen atoms in total. The third kappa shape index (κ3) is 5.48. The van der Waals surface area contributed by atoms with Gasteiger partial charge in [-0.25, -0.2) is 9.98 Å². The Morgan fingerprint density at radius 1 is 1.18 bits per heavy atom. The van der Waals surface area contributed by atoms with Crippen LogP contribution in [-0.4, -0.2) is 24.0 Å². The van der Waals surface area contributed by atoms with E-state index in [9.17, 15) is 0 Å². The molecule has 0 radical (unpaired) electrons. The van der Waals surface area contributed by atoms with Crippen molar-refractivity contribution in [3.05, 3.63) is 51.5 Å². The fraction of sp³-hybridized carbons (Fsp3) is 0.412. The number of guanidine groups is 1. The van der Waals surface area contributed by atoms with E-state index in [-0.39, 0.29) is 0 Å². The third-order valence-electron chi connectivity index (χ3n) is 3.21. The number of aliphatic imine (C=N–C) groups is 1. The summed E-state index contributed by atoms with van der Waals surface area (Å²) in [6, 6.07) is 8.66. The average molecular weight is 316 g/mol. The number of aryl methyl sites for hydroxylation is 2. The van der Waals surface area contributed by atoms with Crippen LogP contribution < -0.4 is 10.6 Å². The smallest absolute Gasteiger partial charge is 0.191 e. The second-order valence-electron chi connectivity index (χ2n) is 5.22. The molecule has 0 aliphatic carbocycles. The van der Waals surface area contributed by atoms with Crippen LogP contribution in [0.2, 0.25) is 0 Å².